The molecule has 0 aromatic heterocycles. The molecule has 0 radical (unpaired) electrons. The summed E-state index contributed by atoms with van der Waals surface area (Å²) in [5.74, 6) is -1.19. The number of hydrogen-bond acceptors (Lipinski definition) is 8. The molecule has 1 rings (SSSR count). The molecule has 2 N–H and O–H groups in total. The molecular weight excluding hydrogens is 260 g/mol. The molecule has 110 valence electrons. The van der Waals surface area contributed by atoms with Crippen LogP contribution in [0.25, 0.3) is 0 Å². The Labute approximate surface area is 110 Å². The van der Waals surface area contributed by atoms with Crippen molar-refractivity contribution in [1.29, 1.82) is 0 Å². The number of carbonyl (C=O) groups excluding carboxylic acids is 2. The Kier molecular flexibility index (Phi) is 5.67. The van der Waals surface area contributed by atoms with Crippen molar-refractivity contribution in [3.63, 3.8) is 0 Å². The molecule has 0 saturated carbocycles. The molecule has 1 aliphatic heterocycles. The van der Waals surface area contributed by atoms with Crippen LogP contribution in [0, 0.1) is 0 Å². The second kappa shape index (κ2) is 6.80. The minimum absolute atomic E-state index is 0.225. The number of hydrogen-bond donors (Lipinski definition) is 2. The largest absolute Gasteiger partial charge is 0.463 e. The Hall–Kier alpha value is -1.22. The lowest BCUT2D eigenvalue weighted by molar-refractivity contribution is -0.297. The average Bonchev–Trinajstić information content (AvgIpc) is 2.33. The number of ether oxygens (including phenoxy) is 4. The van der Waals surface area contributed by atoms with Gasteiger partial charge in [0.15, 0.2) is 12.4 Å². The third kappa shape index (κ3) is 4.13. The van der Waals surface area contributed by atoms with Crippen LogP contribution in [-0.2, 0) is 28.5 Å². The van der Waals surface area contributed by atoms with Gasteiger partial charge in [0, 0.05) is 21.0 Å². The quantitative estimate of drug-likeness (QED) is 0.602. The van der Waals surface area contributed by atoms with Crippen molar-refractivity contribution in [2.24, 2.45) is 0 Å². The fourth-order valence-corrected chi connectivity index (χ4v) is 1.77. The summed E-state index contributed by atoms with van der Waals surface area (Å²) in [6.07, 6.45) is -5.93. The van der Waals surface area contributed by atoms with Crippen molar-refractivity contribution < 1.29 is 38.7 Å². The van der Waals surface area contributed by atoms with Crippen LogP contribution in [-0.4, -0.2) is 66.6 Å². The van der Waals surface area contributed by atoms with Crippen LogP contribution >= 0.6 is 0 Å². The predicted molar refractivity (Wildman–Crippen MR) is 59.9 cm³/mol. The molecule has 0 aromatic rings. The van der Waals surface area contributed by atoms with Gasteiger partial charge in [-0.2, -0.15) is 0 Å². The maximum Gasteiger partial charge on any atom is 0.303 e. The number of carbonyl (C=O) groups is 2. The molecule has 5 atom stereocenters. The summed E-state index contributed by atoms with van der Waals surface area (Å²) in [7, 11) is 1.29. The van der Waals surface area contributed by atoms with Crippen molar-refractivity contribution in [3.05, 3.63) is 0 Å². The zero-order valence-corrected chi connectivity index (χ0v) is 10.9. The fraction of sp³-hybridized carbons (Fsp3) is 0.818. The zero-order chi connectivity index (χ0) is 14.6. The maximum atomic E-state index is 11.0. The van der Waals surface area contributed by atoms with E-state index in [1.54, 1.807) is 0 Å². The van der Waals surface area contributed by atoms with Crippen molar-refractivity contribution in [2.45, 2.75) is 44.6 Å². The second-order valence-electron chi connectivity index (χ2n) is 4.14. The van der Waals surface area contributed by atoms with Crippen LogP contribution < -0.4 is 0 Å². The third-order valence-electron chi connectivity index (χ3n) is 2.63. The van der Waals surface area contributed by atoms with E-state index >= 15 is 0 Å². The summed E-state index contributed by atoms with van der Waals surface area (Å²) in [6.45, 7) is 2.14. The van der Waals surface area contributed by atoms with Gasteiger partial charge >= 0.3 is 11.9 Å². The number of rotatable bonds is 4. The van der Waals surface area contributed by atoms with E-state index in [2.05, 4.69) is 0 Å². The summed E-state index contributed by atoms with van der Waals surface area (Å²) in [4.78, 5) is 21.8. The summed E-state index contributed by atoms with van der Waals surface area (Å²) >= 11 is 0. The molecule has 0 aliphatic carbocycles. The van der Waals surface area contributed by atoms with E-state index in [0.29, 0.717) is 0 Å². The number of esters is 2. The molecule has 0 unspecified atom stereocenters. The highest BCUT2D eigenvalue weighted by Crippen LogP contribution is 2.24. The van der Waals surface area contributed by atoms with Crippen molar-refractivity contribution in [2.75, 3.05) is 13.7 Å². The standard InChI is InChI=1S/C11H18O8/c1-5(12)17-4-7-10(18-6(2)13)8(14)9(15)11(16-3)19-7/h7-11,14-15H,4H2,1-3H3/t7-,8-,9+,10-,11+/m1/s1. The van der Waals surface area contributed by atoms with Gasteiger partial charge in [-0.1, -0.05) is 0 Å². The van der Waals surface area contributed by atoms with Crippen LogP contribution in [0.5, 0.6) is 0 Å². The average molecular weight is 278 g/mol. The first-order valence-corrected chi connectivity index (χ1v) is 5.71. The van der Waals surface area contributed by atoms with Crippen molar-refractivity contribution in [1.82, 2.24) is 0 Å². The number of aliphatic hydroxyl groups excluding tert-OH is 2. The van der Waals surface area contributed by atoms with E-state index in [1.165, 1.54) is 14.0 Å². The fourth-order valence-electron chi connectivity index (χ4n) is 1.77. The maximum absolute atomic E-state index is 11.0. The molecule has 8 nitrogen and oxygen atoms in total. The molecule has 1 saturated heterocycles. The summed E-state index contributed by atoms with van der Waals surface area (Å²) in [5, 5.41) is 19.6. The summed E-state index contributed by atoms with van der Waals surface area (Å²) in [6, 6.07) is 0. The SMILES string of the molecule is CO[C@H]1O[C@H](COC(C)=O)[C@@H](OC(C)=O)[C@H](O)[C@@H]1O. The third-order valence-corrected chi connectivity index (χ3v) is 2.63. The van der Waals surface area contributed by atoms with Crippen molar-refractivity contribution >= 4 is 11.9 Å². The number of aliphatic hydroxyl groups is 2. The Morgan fingerprint density at radius 1 is 1.16 bits per heavy atom. The van der Waals surface area contributed by atoms with E-state index in [9.17, 15) is 19.8 Å². The lowest BCUT2D eigenvalue weighted by Gasteiger charge is -2.40. The molecular formula is C11H18O8. The molecule has 0 amide bonds. The van der Waals surface area contributed by atoms with Gasteiger partial charge in [0.25, 0.3) is 0 Å². The highest BCUT2D eigenvalue weighted by molar-refractivity contribution is 5.66. The Morgan fingerprint density at radius 3 is 2.26 bits per heavy atom. The molecule has 0 bridgehead atoms. The topological polar surface area (TPSA) is 112 Å². The highest BCUT2D eigenvalue weighted by atomic mass is 16.7. The van der Waals surface area contributed by atoms with Crippen LogP contribution in [0.15, 0.2) is 0 Å². The van der Waals surface area contributed by atoms with E-state index in [-0.39, 0.29) is 6.61 Å². The first-order valence-electron chi connectivity index (χ1n) is 5.71. The molecule has 19 heavy (non-hydrogen) atoms. The zero-order valence-electron chi connectivity index (χ0n) is 10.9. The van der Waals surface area contributed by atoms with E-state index in [4.69, 9.17) is 18.9 Å². The first kappa shape index (κ1) is 15.8. The van der Waals surface area contributed by atoms with Gasteiger partial charge in [0.1, 0.15) is 24.9 Å². The molecule has 1 fully saturated rings. The van der Waals surface area contributed by atoms with Gasteiger partial charge in [-0.3, -0.25) is 9.59 Å². The van der Waals surface area contributed by atoms with Crippen LogP contribution in [0.3, 0.4) is 0 Å². The van der Waals surface area contributed by atoms with Gasteiger partial charge in [-0.15, -0.1) is 0 Å². The Morgan fingerprint density at radius 2 is 1.79 bits per heavy atom. The molecule has 0 aromatic carbocycles. The smallest absolute Gasteiger partial charge is 0.303 e. The van der Waals surface area contributed by atoms with E-state index < -0.39 is 42.6 Å². The summed E-state index contributed by atoms with van der Waals surface area (Å²) < 4.78 is 19.8. The molecule has 0 spiro atoms. The van der Waals surface area contributed by atoms with E-state index in [1.807, 2.05) is 0 Å². The normalized spacial score (nSPS) is 34.7. The number of methoxy groups -OCH3 is 1. The second-order valence-corrected chi connectivity index (χ2v) is 4.14. The molecule has 8 heteroatoms. The molecule has 1 aliphatic rings. The van der Waals surface area contributed by atoms with Crippen LogP contribution in [0.1, 0.15) is 13.8 Å². The van der Waals surface area contributed by atoms with Gasteiger partial charge in [-0.25, -0.2) is 0 Å². The lowest BCUT2D eigenvalue weighted by Crippen LogP contribution is -2.60. The minimum atomic E-state index is -1.40. The first-order chi connectivity index (χ1) is 8.86. The van der Waals surface area contributed by atoms with Gasteiger partial charge in [-0.05, 0) is 0 Å². The highest BCUT2D eigenvalue weighted by Gasteiger charge is 2.47. The monoisotopic (exact) mass is 278 g/mol. The van der Waals surface area contributed by atoms with Gasteiger partial charge in [0.05, 0.1) is 0 Å². The van der Waals surface area contributed by atoms with E-state index in [0.717, 1.165) is 6.92 Å². The Bertz CT molecular complexity index is 331. The lowest BCUT2D eigenvalue weighted by atomic mass is 9.99. The Balaban J connectivity index is 2.79. The molecule has 1 heterocycles. The van der Waals surface area contributed by atoms with Gasteiger partial charge in [0.2, 0.25) is 0 Å². The summed E-state index contributed by atoms with van der Waals surface area (Å²) in [5.41, 5.74) is 0. The van der Waals surface area contributed by atoms with Gasteiger partial charge < -0.3 is 29.2 Å². The minimum Gasteiger partial charge on any atom is -0.463 e. The van der Waals surface area contributed by atoms with Crippen LogP contribution in [0.2, 0.25) is 0 Å². The van der Waals surface area contributed by atoms with Crippen molar-refractivity contribution in [3.8, 4) is 0 Å². The van der Waals surface area contributed by atoms with Crippen LogP contribution in [0.4, 0.5) is 0 Å². The predicted octanol–water partition coefficient (Wildman–Crippen LogP) is -1.43.